The molecule has 2 aliphatic rings. The molecule has 1 aromatic carbocycles. The van der Waals surface area contributed by atoms with Crippen LogP contribution >= 0.6 is 0 Å². The normalized spacial score (nSPS) is 21.5. The van der Waals surface area contributed by atoms with E-state index in [2.05, 4.69) is 28.8 Å². The maximum atomic E-state index is 11.0. The van der Waals surface area contributed by atoms with Crippen LogP contribution in [-0.4, -0.2) is 18.5 Å². The van der Waals surface area contributed by atoms with Crippen LogP contribution in [0.2, 0.25) is 0 Å². The lowest BCUT2D eigenvalue weighted by Crippen LogP contribution is -2.32. The molecule has 1 aromatic rings. The highest BCUT2D eigenvalue weighted by Gasteiger charge is 2.27. The van der Waals surface area contributed by atoms with E-state index in [9.17, 15) is 4.79 Å². The first kappa shape index (κ1) is 10.5. The summed E-state index contributed by atoms with van der Waals surface area (Å²) in [5, 5.41) is 6.37. The molecule has 3 rings (SSSR count). The quantitative estimate of drug-likeness (QED) is 0.771. The SMILES string of the molecule is CC(=O)Nc1ccc2c(c1)C[C@@H]1NCCC=C21. The van der Waals surface area contributed by atoms with Crippen molar-refractivity contribution >= 4 is 17.2 Å². The Kier molecular flexibility index (Phi) is 2.48. The zero-order valence-corrected chi connectivity index (χ0v) is 9.92. The number of nitrogens with one attached hydrogen (secondary N) is 2. The molecule has 0 saturated heterocycles. The molecule has 0 fully saturated rings. The summed E-state index contributed by atoms with van der Waals surface area (Å²) in [6.07, 6.45) is 4.48. The third-order valence-electron chi connectivity index (χ3n) is 3.44. The monoisotopic (exact) mass is 228 g/mol. The number of rotatable bonds is 1. The Morgan fingerprint density at radius 2 is 2.35 bits per heavy atom. The number of carbonyl (C=O) groups excluding carboxylic acids is 1. The third kappa shape index (κ3) is 1.87. The average molecular weight is 228 g/mol. The van der Waals surface area contributed by atoms with Crippen LogP contribution in [0.15, 0.2) is 24.3 Å². The van der Waals surface area contributed by atoms with Crippen molar-refractivity contribution < 1.29 is 4.79 Å². The molecule has 2 N–H and O–H groups in total. The van der Waals surface area contributed by atoms with Crippen molar-refractivity contribution in [2.24, 2.45) is 0 Å². The number of hydrogen-bond donors (Lipinski definition) is 2. The van der Waals surface area contributed by atoms with Crippen molar-refractivity contribution in [3.63, 3.8) is 0 Å². The summed E-state index contributed by atoms with van der Waals surface area (Å²) in [7, 11) is 0. The molecule has 1 amide bonds. The van der Waals surface area contributed by atoms with Gasteiger partial charge in [0.1, 0.15) is 0 Å². The molecule has 17 heavy (non-hydrogen) atoms. The Bertz CT molecular complexity index is 505. The topological polar surface area (TPSA) is 41.1 Å². The zero-order chi connectivity index (χ0) is 11.8. The zero-order valence-electron chi connectivity index (χ0n) is 9.92. The summed E-state index contributed by atoms with van der Waals surface area (Å²) < 4.78 is 0. The van der Waals surface area contributed by atoms with E-state index in [1.54, 1.807) is 0 Å². The van der Waals surface area contributed by atoms with Gasteiger partial charge in [-0.3, -0.25) is 4.79 Å². The molecule has 0 saturated carbocycles. The van der Waals surface area contributed by atoms with E-state index >= 15 is 0 Å². The average Bonchev–Trinajstić information content (AvgIpc) is 2.65. The molecular formula is C14H16N2O. The molecule has 0 spiro atoms. The van der Waals surface area contributed by atoms with Crippen molar-refractivity contribution in [1.82, 2.24) is 5.32 Å². The fourth-order valence-corrected chi connectivity index (χ4v) is 2.76. The molecule has 1 atom stereocenters. The van der Waals surface area contributed by atoms with Crippen LogP contribution < -0.4 is 10.6 Å². The highest BCUT2D eigenvalue weighted by Crippen LogP contribution is 2.35. The summed E-state index contributed by atoms with van der Waals surface area (Å²) in [6, 6.07) is 6.68. The Morgan fingerprint density at radius 1 is 1.47 bits per heavy atom. The first-order chi connectivity index (χ1) is 8.24. The van der Waals surface area contributed by atoms with E-state index < -0.39 is 0 Å². The standard InChI is InChI=1S/C14H16N2O/c1-9(17)16-11-4-5-12-10(7-11)8-14-13(12)3-2-6-15-14/h3-5,7,14-15H,2,6,8H2,1H3,(H,16,17)/t14-/m0/s1. The minimum atomic E-state index is -0.0160. The largest absolute Gasteiger partial charge is 0.326 e. The van der Waals surface area contributed by atoms with E-state index in [0.29, 0.717) is 6.04 Å². The molecule has 0 bridgehead atoms. The van der Waals surface area contributed by atoms with Crippen molar-refractivity contribution in [3.8, 4) is 0 Å². The Balaban J connectivity index is 1.95. The molecule has 0 radical (unpaired) electrons. The predicted molar refractivity (Wildman–Crippen MR) is 68.8 cm³/mol. The van der Waals surface area contributed by atoms with E-state index in [0.717, 1.165) is 25.1 Å². The Hall–Kier alpha value is -1.61. The fraction of sp³-hybridized carbons (Fsp3) is 0.357. The maximum Gasteiger partial charge on any atom is 0.221 e. The van der Waals surface area contributed by atoms with Crippen LogP contribution in [0, 0.1) is 0 Å². The van der Waals surface area contributed by atoms with Gasteiger partial charge in [0.25, 0.3) is 0 Å². The minimum absolute atomic E-state index is 0.0160. The molecule has 0 unspecified atom stereocenters. The van der Waals surface area contributed by atoms with Crippen LogP contribution in [0.3, 0.4) is 0 Å². The third-order valence-corrected chi connectivity index (χ3v) is 3.44. The second kappa shape index (κ2) is 4.00. The molecule has 0 aromatic heterocycles. The summed E-state index contributed by atoms with van der Waals surface area (Å²) in [6.45, 7) is 2.61. The van der Waals surface area contributed by atoms with Gasteiger partial charge in [-0.05, 0) is 48.2 Å². The number of carbonyl (C=O) groups is 1. The number of anilines is 1. The molecule has 88 valence electrons. The van der Waals surface area contributed by atoms with Gasteiger partial charge in [0.05, 0.1) is 0 Å². The summed E-state index contributed by atoms with van der Waals surface area (Å²) in [5.41, 5.74) is 5.01. The maximum absolute atomic E-state index is 11.0. The van der Waals surface area contributed by atoms with Crippen molar-refractivity contribution in [2.45, 2.75) is 25.8 Å². The van der Waals surface area contributed by atoms with Gasteiger partial charge in [-0.15, -0.1) is 0 Å². The van der Waals surface area contributed by atoms with E-state index in [4.69, 9.17) is 0 Å². The number of fused-ring (bicyclic) bond motifs is 3. The number of amides is 1. The lowest BCUT2D eigenvalue weighted by Gasteiger charge is -2.19. The van der Waals surface area contributed by atoms with Gasteiger partial charge in [0.2, 0.25) is 5.91 Å². The molecule has 3 nitrogen and oxygen atoms in total. The molecule has 1 aliphatic carbocycles. The van der Waals surface area contributed by atoms with E-state index in [1.165, 1.54) is 23.6 Å². The highest BCUT2D eigenvalue weighted by molar-refractivity contribution is 5.89. The Morgan fingerprint density at radius 3 is 3.18 bits per heavy atom. The molecular weight excluding hydrogens is 212 g/mol. The second-order valence-electron chi connectivity index (χ2n) is 4.71. The van der Waals surface area contributed by atoms with Gasteiger partial charge in [-0.2, -0.15) is 0 Å². The summed E-state index contributed by atoms with van der Waals surface area (Å²) in [5.74, 6) is -0.0160. The van der Waals surface area contributed by atoms with Gasteiger partial charge in [0.15, 0.2) is 0 Å². The lowest BCUT2D eigenvalue weighted by molar-refractivity contribution is -0.114. The molecule has 1 aliphatic heterocycles. The van der Waals surface area contributed by atoms with Crippen molar-refractivity contribution in [2.75, 3.05) is 11.9 Å². The second-order valence-corrected chi connectivity index (χ2v) is 4.71. The lowest BCUT2D eigenvalue weighted by atomic mass is 10.0. The smallest absolute Gasteiger partial charge is 0.221 e. The van der Waals surface area contributed by atoms with Gasteiger partial charge in [-0.1, -0.05) is 12.1 Å². The minimum Gasteiger partial charge on any atom is -0.326 e. The fourth-order valence-electron chi connectivity index (χ4n) is 2.76. The first-order valence-electron chi connectivity index (χ1n) is 6.08. The van der Waals surface area contributed by atoms with Crippen LogP contribution in [0.25, 0.3) is 5.57 Å². The van der Waals surface area contributed by atoms with Gasteiger partial charge >= 0.3 is 0 Å². The number of hydrogen-bond acceptors (Lipinski definition) is 2. The summed E-state index contributed by atoms with van der Waals surface area (Å²) in [4.78, 5) is 11.0. The van der Waals surface area contributed by atoms with Crippen LogP contribution in [0.5, 0.6) is 0 Å². The Labute approximate surface area is 101 Å². The van der Waals surface area contributed by atoms with Crippen molar-refractivity contribution in [3.05, 3.63) is 35.4 Å². The van der Waals surface area contributed by atoms with Crippen LogP contribution in [0.1, 0.15) is 24.5 Å². The predicted octanol–water partition coefficient (Wildman–Crippen LogP) is 1.95. The number of benzene rings is 1. The van der Waals surface area contributed by atoms with Gasteiger partial charge < -0.3 is 10.6 Å². The van der Waals surface area contributed by atoms with Crippen LogP contribution in [0.4, 0.5) is 5.69 Å². The van der Waals surface area contributed by atoms with E-state index in [-0.39, 0.29) is 5.91 Å². The first-order valence-corrected chi connectivity index (χ1v) is 6.08. The summed E-state index contributed by atoms with van der Waals surface area (Å²) >= 11 is 0. The highest BCUT2D eigenvalue weighted by atomic mass is 16.1. The van der Waals surface area contributed by atoms with Crippen LogP contribution in [-0.2, 0) is 11.2 Å². The molecule has 3 heteroatoms. The van der Waals surface area contributed by atoms with Crippen molar-refractivity contribution in [1.29, 1.82) is 0 Å². The van der Waals surface area contributed by atoms with Gasteiger partial charge in [-0.25, -0.2) is 0 Å². The molecule has 1 heterocycles. The van der Waals surface area contributed by atoms with Gasteiger partial charge in [0, 0.05) is 18.7 Å². The van der Waals surface area contributed by atoms with E-state index in [1.807, 2.05) is 6.07 Å².